The van der Waals surface area contributed by atoms with Gasteiger partial charge in [-0.05, 0) is 71.0 Å². The van der Waals surface area contributed by atoms with Gasteiger partial charge in [0, 0.05) is 16.7 Å². The summed E-state index contributed by atoms with van der Waals surface area (Å²) in [4.78, 5) is 15.9. The van der Waals surface area contributed by atoms with Gasteiger partial charge in [-0.3, -0.25) is 0 Å². The molecule has 4 heteroatoms. The highest BCUT2D eigenvalue weighted by Gasteiger charge is 2.49. The first-order chi connectivity index (χ1) is 29.2. The van der Waals surface area contributed by atoms with Crippen molar-refractivity contribution in [3.63, 3.8) is 0 Å². The molecular formula is C55H37N3Si. The number of rotatable bonds is 7. The summed E-state index contributed by atoms with van der Waals surface area (Å²) < 4.78 is 0. The van der Waals surface area contributed by atoms with Crippen LogP contribution in [0.1, 0.15) is 0 Å². The van der Waals surface area contributed by atoms with Crippen LogP contribution in [-0.2, 0) is 0 Å². The van der Waals surface area contributed by atoms with Crippen molar-refractivity contribution in [2.75, 3.05) is 0 Å². The third kappa shape index (κ3) is 5.92. The SMILES string of the molecule is c1ccc(-c2ccc(-c3nc(-c4ccc(-c5ccc6ccccc6c5)cc4)nc(-c4cccc5c4-c4ccccc4[Si]5(c4ccccc4)c4ccccc4)n3)cc2)cc1. The number of fused-ring (bicyclic) bond motifs is 4. The predicted molar refractivity (Wildman–Crippen MR) is 247 cm³/mol. The second kappa shape index (κ2) is 14.4. The van der Waals surface area contributed by atoms with Crippen molar-refractivity contribution in [1.82, 2.24) is 15.0 Å². The summed E-state index contributed by atoms with van der Waals surface area (Å²) in [6.07, 6.45) is 0. The van der Waals surface area contributed by atoms with Crippen molar-refractivity contribution in [2.45, 2.75) is 0 Å². The minimum atomic E-state index is -2.71. The molecule has 11 rings (SSSR count). The van der Waals surface area contributed by atoms with Crippen LogP contribution >= 0.6 is 0 Å². The van der Waals surface area contributed by atoms with Gasteiger partial charge in [-0.1, -0.05) is 218 Å². The fourth-order valence-corrected chi connectivity index (χ4v) is 14.3. The summed E-state index contributed by atoms with van der Waals surface area (Å²) >= 11 is 0. The van der Waals surface area contributed by atoms with Gasteiger partial charge in [0.15, 0.2) is 25.5 Å². The largest absolute Gasteiger partial charge is 0.208 e. The van der Waals surface area contributed by atoms with Crippen molar-refractivity contribution in [1.29, 1.82) is 0 Å². The first-order valence-electron chi connectivity index (χ1n) is 20.1. The normalized spacial score (nSPS) is 12.5. The standard InChI is InChI=1S/C55H37N3Si/c1-4-15-38(16-5-1)40-27-32-42(33-28-40)53-56-54(43-34-29-41(30-35-43)45-36-31-39-17-10-11-18-44(39)37-45)58-55(57-53)49-24-14-26-51-52(49)48-23-12-13-25-50(48)59(51,46-19-6-2-7-20-46)47-21-8-3-9-22-47/h1-37H. The average Bonchev–Trinajstić information content (AvgIpc) is 3.63. The van der Waals surface area contributed by atoms with Crippen molar-refractivity contribution in [3.8, 4) is 67.5 Å². The van der Waals surface area contributed by atoms with Crippen LogP contribution in [0, 0.1) is 0 Å². The highest BCUT2D eigenvalue weighted by molar-refractivity contribution is 7.22. The first-order valence-corrected chi connectivity index (χ1v) is 22.1. The van der Waals surface area contributed by atoms with Gasteiger partial charge in [-0.15, -0.1) is 0 Å². The molecule has 0 spiro atoms. The number of benzene rings is 9. The Morgan fingerprint density at radius 1 is 0.271 bits per heavy atom. The molecule has 0 fully saturated rings. The lowest BCUT2D eigenvalue weighted by atomic mass is 9.99. The van der Waals surface area contributed by atoms with Crippen LogP contribution in [0.2, 0.25) is 0 Å². The van der Waals surface area contributed by atoms with Gasteiger partial charge in [-0.25, -0.2) is 15.0 Å². The summed E-state index contributed by atoms with van der Waals surface area (Å²) in [5, 5.41) is 7.91. The molecule has 0 saturated heterocycles. The summed E-state index contributed by atoms with van der Waals surface area (Å²) in [6.45, 7) is 0. The van der Waals surface area contributed by atoms with Crippen LogP contribution < -0.4 is 20.7 Å². The predicted octanol–water partition coefficient (Wildman–Crippen LogP) is 10.7. The topological polar surface area (TPSA) is 38.7 Å². The molecule has 0 unspecified atom stereocenters. The molecule has 0 N–H and O–H groups in total. The molecular weight excluding hydrogens is 731 g/mol. The van der Waals surface area contributed by atoms with Gasteiger partial charge < -0.3 is 0 Å². The highest BCUT2D eigenvalue weighted by Crippen LogP contribution is 2.37. The molecule has 1 aromatic heterocycles. The molecule has 1 aliphatic rings. The van der Waals surface area contributed by atoms with Crippen LogP contribution in [0.3, 0.4) is 0 Å². The maximum atomic E-state index is 5.34. The van der Waals surface area contributed by atoms with E-state index in [9.17, 15) is 0 Å². The monoisotopic (exact) mass is 767 g/mol. The van der Waals surface area contributed by atoms with Crippen molar-refractivity contribution < 1.29 is 0 Å². The van der Waals surface area contributed by atoms with E-state index in [-0.39, 0.29) is 0 Å². The van der Waals surface area contributed by atoms with Crippen molar-refractivity contribution >= 4 is 39.6 Å². The second-order valence-corrected chi connectivity index (χ2v) is 18.9. The maximum Gasteiger partial charge on any atom is 0.180 e. The third-order valence-electron chi connectivity index (χ3n) is 11.8. The number of hydrogen-bond acceptors (Lipinski definition) is 3. The molecule has 276 valence electrons. The fourth-order valence-electron chi connectivity index (χ4n) is 9.06. The van der Waals surface area contributed by atoms with E-state index >= 15 is 0 Å². The van der Waals surface area contributed by atoms with E-state index in [0.29, 0.717) is 17.5 Å². The highest BCUT2D eigenvalue weighted by atomic mass is 28.3. The van der Waals surface area contributed by atoms with Gasteiger partial charge >= 0.3 is 0 Å². The summed E-state index contributed by atoms with van der Waals surface area (Å²) in [5.41, 5.74) is 9.97. The zero-order chi connectivity index (χ0) is 39.2. The van der Waals surface area contributed by atoms with Crippen LogP contribution in [0.25, 0.3) is 78.3 Å². The van der Waals surface area contributed by atoms with Crippen LogP contribution in [0.5, 0.6) is 0 Å². The molecule has 59 heavy (non-hydrogen) atoms. The van der Waals surface area contributed by atoms with E-state index in [1.54, 1.807) is 0 Å². The fraction of sp³-hybridized carbons (Fsp3) is 0. The second-order valence-electron chi connectivity index (χ2n) is 15.1. The zero-order valence-corrected chi connectivity index (χ0v) is 33.2. The quantitative estimate of drug-likeness (QED) is 0.152. The smallest absolute Gasteiger partial charge is 0.180 e. The number of hydrogen-bond donors (Lipinski definition) is 0. The molecule has 3 nitrogen and oxygen atoms in total. The van der Waals surface area contributed by atoms with Crippen molar-refractivity contribution in [2.24, 2.45) is 0 Å². The Morgan fingerprint density at radius 2 is 0.712 bits per heavy atom. The summed E-state index contributed by atoms with van der Waals surface area (Å²) in [5.74, 6) is 1.94. The number of nitrogens with zero attached hydrogens (tertiary/aromatic N) is 3. The average molecular weight is 768 g/mol. The molecule has 10 aromatic rings. The molecule has 0 amide bonds. The minimum absolute atomic E-state index is 0.640. The Bertz CT molecular complexity index is 3090. The Hall–Kier alpha value is -7.53. The molecule has 9 aromatic carbocycles. The van der Waals surface area contributed by atoms with E-state index in [1.807, 2.05) is 6.07 Å². The van der Waals surface area contributed by atoms with E-state index in [0.717, 1.165) is 27.8 Å². The van der Waals surface area contributed by atoms with Gasteiger partial charge in [0.2, 0.25) is 0 Å². The molecule has 0 aliphatic carbocycles. The Morgan fingerprint density at radius 3 is 1.36 bits per heavy atom. The Labute approximate surface area is 345 Å². The van der Waals surface area contributed by atoms with Gasteiger partial charge in [-0.2, -0.15) is 0 Å². The first kappa shape index (κ1) is 34.7. The lowest BCUT2D eigenvalue weighted by Crippen LogP contribution is -2.72. The van der Waals surface area contributed by atoms with E-state index in [1.165, 1.54) is 53.8 Å². The molecule has 1 aliphatic heterocycles. The Balaban J connectivity index is 1.10. The molecule has 0 atom stereocenters. The van der Waals surface area contributed by atoms with Crippen LogP contribution in [-0.4, -0.2) is 23.0 Å². The molecule has 0 saturated carbocycles. The van der Waals surface area contributed by atoms with E-state index < -0.39 is 8.07 Å². The van der Waals surface area contributed by atoms with Gasteiger partial charge in [0.1, 0.15) is 0 Å². The van der Waals surface area contributed by atoms with Gasteiger partial charge in [0.25, 0.3) is 0 Å². The Kier molecular flexibility index (Phi) is 8.49. The lowest BCUT2D eigenvalue weighted by Gasteiger charge is -2.31. The molecule has 0 radical (unpaired) electrons. The van der Waals surface area contributed by atoms with Crippen molar-refractivity contribution in [3.05, 3.63) is 224 Å². The van der Waals surface area contributed by atoms with Crippen LogP contribution in [0.4, 0.5) is 0 Å². The molecule has 2 heterocycles. The third-order valence-corrected chi connectivity index (χ3v) is 16.7. The summed E-state index contributed by atoms with van der Waals surface area (Å²) in [6, 6.07) is 80.7. The maximum absolute atomic E-state index is 5.34. The lowest BCUT2D eigenvalue weighted by molar-refractivity contribution is 1.07. The van der Waals surface area contributed by atoms with E-state index in [2.05, 4.69) is 218 Å². The summed E-state index contributed by atoms with van der Waals surface area (Å²) in [7, 11) is -2.71. The van der Waals surface area contributed by atoms with E-state index in [4.69, 9.17) is 15.0 Å². The minimum Gasteiger partial charge on any atom is -0.208 e. The van der Waals surface area contributed by atoms with Crippen LogP contribution in [0.15, 0.2) is 224 Å². The van der Waals surface area contributed by atoms with Gasteiger partial charge in [0.05, 0.1) is 0 Å². The molecule has 0 bridgehead atoms. The zero-order valence-electron chi connectivity index (χ0n) is 32.2. The number of aromatic nitrogens is 3.